The maximum atomic E-state index is 15.0. The molecule has 1 unspecified atom stereocenters. The Hall–Kier alpha value is -2.43. The van der Waals surface area contributed by atoms with Gasteiger partial charge in [-0.2, -0.15) is 8.78 Å². The first-order valence-corrected chi connectivity index (χ1v) is 12.2. The normalized spacial score (nSPS) is 26.6. The van der Waals surface area contributed by atoms with E-state index in [4.69, 9.17) is 0 Å². The molecule has 1 aromatic carbocycles. The van der Waals surface area contributed by atoms with E-state index >= 15 is 0 Å². The number of amides is 3. The number of piperidine rings is 2. The average molecular weight is 476 g/mol. The van der Waals surface area contributed by atoms with Gasteiger partial charge < -0.3 is 10.2 Å². The zero-order valence-electron chi connectivity index (χ0n) is 19.2. The number of benzene rings is 1. The fourth-order valence-corrected chi connectivity index (χ4v) is 5.57. The molecule has 0 spiro atoms. The summed E-state index contributed by atoms with van der Waals surface area (Å²) in [5.74, 6) is -5.51. The molecule has 10 heteroatoms. The van der Waals surface area contributed by atoms with Gasteiger partial charge in [0.25, 0.3) is 0 Å². The predicted octanol–water partition coefficient (Wildman–Crippen LogP) is 1.05. The molecule has 8 nitrogen and oxygen atoms in total. The second-order valence-electron chi connectivity index (χ2n) is 9.84. The van der Waals surface area contributed by atoms with Crippen LogP contribution in [0, 0.1) is 5.92 Å². The number of fused-ring (bicyclic) bond motifs is 1. The van der Waals surface area contributed by atoms with E-state index in [1.165, 1.54) is 25.0 Å². The number of piperazine rings is 1. The molecule has 0 aromatic heterocycles. The van der Waals surface area contributed by atoms with Crippen LogP contribution in [0.15, 0.2) is 18.2 Å². The fourth-order valence-electron chi connectivity index (χ4n) is 5.57. The van der Waals surface area contributed by atoms with Gasteiger partial charge in [-0.1, -0.05) is 6.07 Å². The minimum Gasteiger partial charge on any atom is -0.317 e. The summed E-state index contributed by atoms with van der Waals surface area (Å²) in [7, 11) is 0. The van der Waals surface area contributed by atoms with Gasteiger partial charge in [-0.05, 0) is 56.0 Å². The molecule has 0 bridgehead atoms. The Balaban J connectivity index is 1.24. The number of carbonyl (C=O) groups excluding carboxylic acids is 3. The molecule has 3 saturated heterocycles. The van der Waals surface area contributed by atoms with Gasteiger partial charge in [-0.25, -0.2) is 0 Å². The number of nitrogens with zero attached hydrogens (tertiary/aromatic N) is 3. The third-order valence-corrected chi connectivity index (χ3v) is 7.51. The summed E-state index contributed by atoms with van der Waals surface area (Å²) in [5.41, 5.74) is 0.424. The van der Waals surface area contributed by atoms with Crippen LogP contribution >= 0.6 is 0 Å². The molecule has 1 atom stereocenters. The monoisotopic (exact) mass is 475 g/mol. The van der Waals surface area contributed by atoms with E-state index < -0.39 is 29.7 Å². The lowest BCUT2D eigenvalue weighted by molar-refractivity contribution is -0.144. The number of hydrogen-bond acceptors (Lipinski definition) is 6. The first-order valence-electron chi connectivity index (χ1n) is 12.2. The van der Waals surface area contributed by atoms with Crippen molar-refractivity contribution in [1.82, 2.24) is 20.4 Å². The van der Waals surface area contributed by atoms with Crippen molar-refractivity contribution in [3.63, 3.8) is 0 Å². The molecule has 0 aliphatic carbocycles. The Kier molecular flexibility index (Phi) is 6.39. The molecule has 184 valence electrons. The standard InChI is InChI=1S/C24H31F2N5O3/c25-24(26)18-13-17(15-30-11-9-29(10-12-30)14-16-5-7-27-8-6-16)1-2-19(18)31(23(24)34)20-3-4-21(32)28-22(20)33/h1-2,13,16,20,27H,3-12,14-15H2,(H,28,32,33). The van der Waals surface area contributed by atoms with Crippen LogP contribution in [-0.4, -0.2) is 79.4 Å². The summed E-state index contributed by atoms with van der Waals surface area (Å²) in [4.78, 5) is 41.9. The maximum absolute atomic E-state index is 15.0. The van der Waals surface area contributed by atoms with Crippen LogP contribution in [0.4, 0.5) is 14.5 Å². The van der Waals surface area contributed by atoms with Gasteiger partial charge in [0, 0.05) is 45.7 Å². The predicted molar refractivity (Wildman–Crippen MR) is 121 cm³/mol. The number of halogens is 2. The summed E-state index contributed by atoms with van der Waals surface area (Å²) < 4.78 is 29.9. The Morgan fingerprint density at radius 3 is 2.38 bits per heavy atom. The largest absolute Gasteiger partial charge is 0.352 e. The molecule has 0 radical (unpaired) electrons. The van der Waals surface area contributed by atoms with Gasteiger partial charge >= 0.3 is 11.8 Å². The highest BCUT2D eigenvalue weighted by atomic mass is 19.3. The van der Waals surface area contributed by atoms with Crippen LogP contribution in [0.1, 0.15) is 36.8 Å². The Bertz CT molecular complexity index is 973. The number of alkyl halides is 2. The number of rotatable bonds is 5. The van der Waals surface area contributed by atoms with E-state index in [9.17, 15) is 23.2 Å². The lowest BCUT2D eigenvalue weighted by Gasteiger charge is -2.37. The number of nitrogens with one attached hydrogen (secondary N) is 2. The highest BCUT2D eigenvalue weighted by Gasteiger charge is 2.56. The minimum absolute atomic E-state index is 0.0167. The summed E-state index contributed by atoms with van der Waals surface area (Å²) in [5, 5.41) is 5.55. The van der Waals surface area contributed by atoms with Crippen molar-refractivity contribution in [3.8, 4) is 0 Å². The van der Waals surface area contributed by atoms with Gasteiger partial charge in [-0.3, -0.25) is 29.5 Å². The second-order valence-corrected chi connectivity index (χ2v) is 9.84. The van der Waals surface area contributed by atoms with Crippen molar-refractivity contribution < 1.29 is 23.2 Å². The van der Waals surface area contributed by atoms with E-state index in [0.29, 0.717) is 6.54 Å². The first kappa shape index (κ1) is 23.3. The van der Waals surface area contributed by atoms with Crippen LogP contribution in [0.5, 0.6) is 0 Å². The summed E-state index contributed by atoms with van der Waals surface area (Å²) >= 11 is 0. The second kappa shape index (κ2) is 9.31. The van der Waals surface area contributed by atoms with Gasteiger partial charge in [0.2, 0.25) is 11.8 Å². The van der Waals surface area contributed by atoms with Crippen LogP contribution < -0.4 is 15.5 Å². The third kappa shape index (κ3) is 4.46. The smallest absolute Gasteiger partial charge is 0.317 e. The summed E-state index contributed by atoms with van der Waals surface area (Å²) in [6.07, 6.45) is 2.49. The van der Waals surface area contributed by atoms with Crippen molar-refractivity contribution in [2.75, 3.05) is 50.7 Å². The van der Waals surface area contributed by atoms with Crippen molar-refractivity contribution in [2.24, 2.45) is 5.92 Å². The van der Waals surface area contributed by atoms with E-state index in [1.807, 2.05) is 0 Å². The molecule has 34 heavy (non-hydrogen) atoms. The summed E-state index contributed by atoms with van der Waals surface area (Å²) in [6, 6.07) is 3.57. The number of carbonyl (C=O) groups is 3. The van der Waals surface area contributed by atoms with Gasteiger partial charge in [-0.15, -0.1) is 0 Å². The Morgan fingerprint density at radius 2 is 1.68 bits per heavy atom. The molecule has 0 saturated carbocycles. The zero-order chi connectivity index (χ0) is 23.9. The highest BCUT2D eigenvalue weighted by molar-refractivity contribution is 6.12. The minimum atomic E-state index is -3.69. The molecular weight excluding hydrogens is 444 g/mol. The van der Waals surface area contributed by atoms with Crippen LogP contribution in [0.2, 0.25) is 0 Å². The van der Waals surface area contributed by atoms with Crippen LogP contribution in [-0.2, 0) is 26.9 Å². The van der Waals surface area contributed by atoms with E-state index in [-0.39, 0.29) is 24.1 Å². The SMILES string of the molecule is O=C1CCC(N2C(=O)C(F)(F)c3cc(CN4CCN(CC5CCNCC5)CC4)ccc32)C(=O)N1. The maximum Gasteiger partial charge on any atom is 0.352 e. The number of hydrogen-bond donors (Lipinski definition) is 2. The molecule has 4 aliphatic rings. The molecule has 4 aliphatic heterocycles. The summed E-state index contributed by atoms with van der Waals surface area (Å²) in [6.45, 7) is 7.53. The van der Waals surface area contributed by atoms with E-state index in [1.54, 1.807) is 6.07 Å². The van der Waals surface area contributed by atoms with E-state index in [0.717, 1.165) is 62.2 Å². The number of imide groups is 1. The van der Waals surface area contributed by atoms with Gasteiger partial charge in [0.05, 0.1) is 11.3 Å². The molecule has 4 heterocycles. The van der Waals surface area contributed by atoms with E-state index in [2.05, 4.69) is 20.4 Å². The molecule has 5 rings (SSSR count). The third-order valence-electron chi connectivity index (χ3n) is 7.51. The number of anilines is 1. The molecular formula is C24H31F2N5O3. The first-order chi connectivity index (χ1) is 16.3. The van der Waals surface area contributed by atoms with Crippen LogP contribution in [0.3, 0.4) is 0 Å². The molecule has 2 N–H and O–H groups in total. The lowest BCUT2D eigenvalue weighted by Crippen LogP contribution is -2.54. The lowest BCUT2D eigenvalue weighted by atomic mass is 9.97. The van der Waals surface area contributed by atoms with Gasteiger partial charge in [0.1, 0.15) is 6.04 Å². The topological polar surface area (TPSA) is 85.0 Å². The Morgan fingerprint density at radius 1 is 0.971 bits per heavy atom. The fraction of sp³-hybridized carbons (Fsp3) is 0.625. The van der Waals surface area contributed by atoms with Gasteiger partial charge in [0.15, 0.2) is 0 Å². The molecule has 1 aromatic rings. The molecule has 3 amide bonds. The quantitative estimate of drug-likeness (QED) is 0.620. The van der Waals surface area contributed by atoms with Crippen molar-refractivity contribution in [3.05, 3.63) is 29.3 Å². The average Bonchev–Trinajstić information content (AvgIpc) is 3.01. The zero-order valence-corrected chi connectivity index (χ0v) is 19.2. The molecule has 3 fully saturated rings. The highest BCUT2D eigenvalue weighted by Crippen LogP contribution is 2.46. The van der Waals surface area contributed by atoms with Crippen molar-refractivity contribution >= 4 is 23.4 Å². The van der Waals surface area contributed by atoms with Crippen molar-refractivity contribution in [1.29, 1.82) is 0 Å². The van der Waals surface area contributed by atoms with Crippen LogP contribution in [0.25, 0.3) is 0 Å². The Labute approximate surface area is 197 Å². The van der Waals surface area contributed by atoms with Crippen molar-refractivity contribution in [2.45, 2.75) is 44.2 Å².